The van der Waals surface area contributed by atoms with Gasteiger partial charge in [0.1, 0.15) is 0 Å². The van der Waals surface area contributed by atoms with E-state index in [0.717, 1.165) is 25.2 Å². The van der Waals surface area contributed by atoms with Gasteiger partial charge in [0.05, 0.1) is 18.0 Å². The van der Waals surface area contributed by atoms with Crippen LogP contribution in [0, 0.1) is 0 Å². The summed E-state index contributed by atoms with van der Waals surface area (Å²) in [5.74, 6) is 0.172. The Morgan fingerprint density at radius 3 is 2.78 bits per heavy atom. The molecule has 1 rings (SSSR count). The number of unbranched alkanes of at least 4 members (excludes halogenated alkanes) is 1. The third kappa shape index (κ3) is 6.13. The molecule has 0 fully saturated rings. The quantitative estimate of drug-likeness (QED) is 0.632. The maximum atomic E-state index is 11.7. The molecule has 1 aromatic rings. The van der Waals surface area contributed by atoms with Crippen LogP contribution >= 0.6 is 0 Å². The fraction of sp³-hybridized carbons (Fsp3) is 0.727. The molecule has 6 nitrogen and oxygen atoms in total. The molecule has 1 aromatic heterocycles. The molecule has 1 heterocycles. The second-order valence-electron chi connectivity index (χ2n) is 4.18. The average molecular weight is 274 g/mol. The highest BCUT2D eigenvalue weighted by Gasteiger charge is 2.10. The first-order valence-electron chi connectivity index (χ1n) is 6.20. The third-order valence-electron chi connectivity index (χ3n) is 2.51. The Balaban J connectivity index is 2.23. The molecular formula is C11H22N4O2S. The molecule has 0 atom stereocenters. The third-order valence-corrected chi connectivity index (χ3v) is 3.92. The summed E-state index contributed by atoms with van der Waals surface area (Å²) in [6.07, 6.45) is 3.34. The molecule has 0 saturated carbocycles. The molecule has 0 aliphatic heterocycles. The van der Waals surface area contributed by atoms with Crippen LogP contribution < -0.4 is 10.0 Å². The van der Waals surface area contributed by atoms with Gasteiger partial charge >= 0.3 is 0 Å². The van der Waals surface area contributed by atoms with Crippen molar-refractivity contribution in [1.82, 2.24) is 19.8 Å². The predicted octanol–water partition coefficient (Wildman–Crippen LogP) is 0.229. The molecule has 0 radical (unpaired) electrons. The molecule has 0 amide bonds. The molecule has 0 unspecified atom stereocenters. The first-order chi connectivity index (χ1) is 8.53. The van der Waals surface area contributed by atoms with Crippen molar-refractivity contribution >= 4 is 10.0 Å². The van der Waals surface area contributed by atoms with Gasteiger partial charge in [-0.25, -0.2) is 13.1 Å². The predicted molar refractivity (Wildman–Crippen MR) is 71.6 cm³/mol. The molecule has 0 aliphatic rings. The summed E-state index contributed by atoms with van der Waals surface area (Å²) in [7, 11) is -1.38. The summed E-state index contributed by atoms with van der Waals surface area (Å²) in [6.45, 7) is 4.08. The fourth-order valence-corrected chi connectivity index (χ4v) is 2.63. The Morgan fingerprint density at radius 1 is 1.39 bits per heavy atom. The molecule has 0 aliphatic carbocycles. The van der Waals surface area contributed by atoms with Crippen molar-refractivity contribution in [3.05, 3.63) is 18.0 Å². The number of aromatic nitrogens is 2. The minimum absolute atomic E-state index is 0.172. The highest BCUT2D eigenvalue weighted by Crippen LogP contribution is 1.98. The van der Waals surface area contributed by atoms with Crippen LogP contribution in [0.2, 0.25) is 0 Å². The van der Waals surface area contributed by atoms with E-state index in [-0.39, 0.29) is 12.3 Å². The number of nitrogens with one attached hydrogen (secondary N) is 2. The van der Waals surface area contributed by atoms with Gasteiger partial charge in [-0.2, -0.15) is 5.10 Å². The van der Waals surface area contributed by atoms with Crippen molar-refractivity contribution in [2.75, 3.05) is 18.8 Å². The van der Waals surface area contributed by atoms with Crippen LogP contribution in [-0.4, -0.2) is 37.0 Å². The molecule has 7 heteroatoms. The van der Waals surface area contributed by atoms with Crippen LogP contribution in [-0.2, 0) is 23.6 Å². The first kappa shape index (κ1) is 15.1. The van der Waals surface area contributed by atoms with Gasteiger partial charge < -0.3 is 5.32 Å². The normalized spacial score (nSPS) is 11.9. The van der Waals surface area contributed by atoms with Crippen LogP contribution in [0.4, 0.5) is 0 Å². The minimum atomic E-state index is -3.18. The Kier molecular flexibility index (Phi) is 6.31. The Bertz CT molecular complexity index is 442. The lowest BCUT2D eigenvalue weighted by atomic mass is 10.3. The van der Waals surface area contributed by atoms with Gasteiger partial charge in [-0.15, -0.1) is 0 Å². The maximum absolute atomic E-state index is 11.7. The number of aryl methyl sites for hydroxylation is 1. The van der Waals surface area contributed by atoms with Gasteiger partial charge in [0, 0.05) is 13.2 Å². The van der Waals surface area contributed by atoms with Crippen LogP contribution in [0.15, 0.2) is 12.3 Å². The zero-order valence-electron chi connectivity index (χ0n) is 11.0. The Morgan fingerprint density at radius 2 is 2.17 bits per heavy atom. The SMILES string of the molecule is CCNCCCCS(=O)(=O)NCc1ccn(C)n1. The van der Waals surface area contributed by atoms with E-state index >= 15 is 0 Å². The van der Waals surface area contributed by atoms with Crippen molar-refractivity contribution in [1.29, 1.82) is 0 Å². The molecule has 2 N–H and O–H groups in total. The van der Waals surface area contributed by atoms with Gasteiger partial charge in [-0.05, 0) is 32.0 Å². The van der Waals surface area contributed by atoms with E-state index in [9.17, 15) is 8.42 Å². The van der Waals surface area contributed by atoms with Gasteiger partial charge in [0.15, 0.2) is 0 Å². The van der Waals surface area contributed by atoms with E-state index in [2.05, 4.69) is 15.1 Å². The van der Waals surface area contributed by atoms with E-state index < -0.39 is 10.0 Å². The number of rotatable bonds is 9. The van der Waals surface area contributed by atoms with Crippen LogP contribution in [0.25, 0.3) is 0 Å². The van der Waals surface area contributed by atoms with Crippen LogP contribution in [0.1, 0.15) is 25.5 Å². The molecule has 0 aromatic carbocycles. The van der Waals surface area contributed by atoms with E-state index in [1.54, 1.807) is 24.0 Å². The largest absolute Gasteiger partial charge is 0.317 e. The van der Waals surface area contributed by atoms with Crippen molar-refractivity contribution in [3.8, 4) is 0 Å². The zero-order chi connectivity index (χ0) is 13.4. The highest BCUT2D eigenvalue weighted by atomic mass is 32.2. The summed E-state index contributed by atoms with van der Waals surface area (Å²) >= 11 is 0. The molecular weight excluding hydrogens is 252 g/mol. The first-order valence-corrected chi connectivity index (χ1v) is 7.85. The van der Waals surface area contributed by atoms with E-state index in [1.807, 2.05) is 6.92 Å². The smallest absolute Gasteiger partial charge is 0.211 e. The lowest BCUT2D eigenvalue weighted by Gasteiger charge is -2.05. The van der Waals surface area contributed by atoms with Crippen molar-refractivity contribution in [2.45, 2.75) is 26.3 Å². The lowest BCUT2D eigenvalue weighted by molar-refractivity contribution is 0.572. The van der Waals surface area contributed by atoms with Gasteiger partial charge in [-0.1, -0.05) is 6.92 Å². The standard InChI is InChI=1S/C11H22N4O2S/c1-3-12-7-4-5-9-18(16,17)13-10-11-6-8-15(2)14-11/h6,8,12-13H,3-5,7,9-10H2,1-2H3. The monoisotopic (exact) mass is 274 g/mol. The van der Waals surface area contributed by atoms with Crippen molar-refractivity contribution < 1.29 is 8.42 Å². The molecule has 104 valence electrons. The lowest BCUT2D eigenvalue weighted by Crippen LogP contribution is -2.26. The second-order valence-corrected chi connectivity index (χ2v) is 6.11. The number of sulfonamides is 1. The van der Waals surface area contributed by atoms with E-state index in [0.29, 0.717) is 6.42 Å². The van der Waals surface area contributed by atoms with Crippen molar-refractivity contribution in [2.24, 2.45) is 7.05 Å². The summed E-state index contributed by atoms with van der Waals surface area (Å²) < 4.78 is 27.6. The van der Waals surface area contributed by atoms with E-state index in [1.165, 1.54) is 0 Å². The molecule has 0 saturated heterocycles. The molecule has 18 heavy (non-hydrogen) atoms. The van der Waals surface area contributed by atoms with Gasteiger partial charge in [0.25, 0.3) is 0 Å². The minimum Gasteiger partial charge on any atom is -0.317 e. The fourth-order valence-electron chi connectivity index (χ4n) is 1.53. The number of hydrogen-bond acceptors (Lipinski definition) is 4. The summed E-state index contributed by atoms with van der Waals surface area (Å²) in [4.78, 5) is 0. The van der Waals surface area contributed by atoms with E-state index in [4.69, 9.17) is 0 Å². The number of hydrogen-bond donors (Lipinski definition) is 2. The van der Waals surface area contributed by atoms with Gasteiger partial charge in [-0.3, -0.25) is 4.68 Å². The average Bonchev–Trinajstić information content (AvgIpc) is 2.73. The molecule has 0 spiro atoms. The molecule has 0 bridgehead atoms. The van der Waals surface area contributed by atoms with Gasteiger partial charge in [0.2, 0.25) is 10.0 Å². The highest BCUT2D eigenvalue weighted by molar-refractivity contribution is 7.89. The summed E-state index contributed by atoms with van der Waals surface area (Å²) in [5, 5.41) is 7.28. The Hall–Kier alpha value is -0.920. The summed E-state index contributed by atoms with van der Waals surface area (Å²) in [6, 6.07) is 1.80. The summed E-state index contributed by atoms with van der Waals surface area (Å²) in [5.41, 5.74) is 0.730. The van der Waals surface area contributed by atoms with Crippen molar-refractivity contribution in [3.63, 3.8) is 0 Å². The zero-order valence-corrected chi connectivity index (χ0v) is 11.8. The topological polar surface area (TPSA) is 76.0 Å². The van der Waals surface area contributed by atoms with Crippen LogP contribution in [0.5, 0.6) is 0 Å². The van der Waals surface area contributed by atoms with Crippen LogP contribution in [0.3, 0.4) is 0 Å². The number of nitrogens with zero attached hydrogens (tertiary/aromatic N) is 2. The second kappa shape index (κ2) is 7.50. The Labute approximate surface area is 109 Å². The maximum Gasteiger partial charge on any atom is 0.211 e.